The highest BCUT2D eigenvalue weighted by atomic mass is 16.5. The van der Waals surface area contributed by atoms with Gasteiger partial charge in [-0.2, -0.15) is 10.1 Å². The van der Waals surface area contributed by atoms with Gasteiger partial charge in [-0.1, -0.05) is 24.9 Å². The smallest absolute Gasteiger partial charge is 0.275 e. The first-order valence-corrected chi connectivity index (χ1v) is 9.45. The molecular formula is C18H25N5O2. The average molecular weight is 343 g/mol. The van der Waals surface area contributed by atoms with Crippen molar-refractivity contribution in [1.29, 1.82) is 0 Å². The maximum Gasteiger partial charge on any atom is 0.275 e. The van der Waals surface area contributed by atoms with E-state index in [1.54, 1.807) is 0 Å². The third-order valence-electron chi connectivity index (χ3n) is 5.38. The van der Waals surface area contributed by atoms with E-state index in [1.165, 1.54) is 12.8 Å². The number of amides is 1. The number of carbonyl (C=O) groups excluding carboxylic acids is 1. The lowest BCUT2D eigenvalue weighted by Gasteiger charge is -2.32. The Morgan fingerprint density at radius 3 is 2.80 bits per heavy atom. The van der Waals surface area contributed by atoms with E-state index in [0.717, 1.165) is 38.5 Å². The first-order chi connectivity index (χ1) is 12.3. The van der Waals surface area contributed by atoms with E-state index in [9.17, 15) is 4.79 Å². The third-order valence-corrected chi connectivity index (χ3v) is 5.38. The van der Waals surface area contributed by atoms with E-state index >= 15 is 0 Å². The van der Waals surface area contributed by atoms with Gasteiger partial charge in [-0.05, 0) is 38.2 Å². The fraction of sp³-hybridized carbons (Fsp3) is 0.667. The molecule has 25 heavy (non-hydrogen) atoms. The standard InChI is InChI=1S/C18H25N5O2/c1-2-16-19-17(25-21-16)15-9-5-6-11-22(15)18(24)14-10-12-23(20-14)13-7-3-4-8-13/h10,12-13,15H,2-9,11H2,1H3/t15-/m1/s1. The van der Waals surface area contributed by atoms with E-state index in [0.29, 0.717) is 30.0 Å². The van der Waals surface area contributed by atoms with Gasteiger partial charge in [0.05, 0.1) is 6.04 Å². The summed E-state index contributed by atoms with van der Waals surface area (Å²) in [6.45, 7) is 2.71. The van der Waals surface area contributed by atoms with Crippen molar-refractivity contribution in [2.24, 2.45) is 0 Å². The van der Waals surface area contributed by atoms with Crippen LogP contribution in [0.2, 0.25) is 0 Å². The van der Waals surface area contributed by atoms with Crippen LogP contribution in [0, 0.1) is 0 Å². The summed E-state index contributed by atoms with van der Waals surface area (Å²) in [4.78, 5) is 19.4. The molecule has 1 aliphatic heterocycles. The van der Waals surface area contributed by atoms with Crippen LogP contribution in [0.5, 0.6) is 0 Å². The van der Waals surface area contributed by atoms with Gasteiger partial charge in [0, 0.05) is 19.2 Å². The Morgan fingerprint density at radius 1 is 1.24 bits per heavy atom. The number of hydrogen-bond donors (Lipinski definition) is 0. The van der Waals surface area contributed by atoms with Crippen LogP contribution >= 0.6 is 0 Å². The van der Waals surface area contributed by atoms with Crippen LogP contribution in [0.4, 0.5) is 0 Å². The topological polar surface area (TPSA) is 77.0 Å². The van der Waals surface area contributed by atoms with Gasteiger partial charge in [0.1, 0.15) is 11.7 Å². The van der Waals surface area contributed by atoms with E-state index < -0.39 is 0 Å². The minimum absolute atomic E-state index is 0.0299. The predicted octanol–water partition coefficient (Wildman–Crippen LogP) is 3.31. The van der Waals surface area contributed by atoms with Crippen molar-refractivity contribution in [2.45, 2.75) is 70.4 Å². The maximum atomic E-state index is 13.0. The number of likely N-dealkylation sites (tertiary alicyclic amines) is 1. The number of carbonyl (C=O) groups is 1. The van der Waals surface area contributed by atoms with E-state index in [1.807, 2.05) is 28.8 Å². The summed E-state index contributed by atoms with van der Waals surface area (Å²) in [7, 11) is 0. The number of piperidine rings is 1. The fourth-order valence-corrected chi connectivity index (χ4v) is 3.95. The van der Waals surface area contributed by atoms with Gasteiger partial charge in [0.25, 0.3) is 5.91 Å². The Hall–Kier alpha value is -2.18. The van der Waals surface area contributed by atoms with Crippen molar-refractivity contribution in [3.05, 3.63) is 29.7 Å². The lowest BCUT2D eigenvalue weighted by atomic mass is 10.0. The molecule has 1 saturated carbocycles. The molecule has 2 aromatic heterocycles. The molecule has 2 fully saturated rings. The number of nitrogens with zero attached hydrogens (tertiary/aromatic N) is 5. The van der Waals surface area contributed by atoms with Gasteiger partial charge in [-0.25, -0.2) is 0 Å². The Labute approximate surface area is 147 Å². The molecule has 2 aromatic rings. The Kier molecular flexibility index (Phi) is 4.55. The van der Waals surface area contributed by atoms with Crippen LogP contribution in [0.3, 0.4) is 0 Å². The summed E-state index contributed by atoms with van der Waals surface area (Å²) < 4.78 is 7.39. The molecule has 0 N–H and O–H groups in total. The molecule has 0 bridgehead atoms. The van der Waals surface area contributed by atoms with Gasteiger partial charge >= 0.3 is 0 Å². The monoisotopic (exact) mass is 343 g/mol. The number of hydrogen-bond acceptors (Lipinski definition) is 5. The molecule has 4 rings (SSSR count). The predicted molar refractivity (Wildman–Crippen MR) is 91.0 cm³/mol. The van der Waals surface area contributed by atoms with Crippen LogP contribution < -0.4 is 0 Å². The largest absolute Gasteiger partial charge is 0.337 e. The molecule has 0 radical (unpaired) electrons. The second kappa shape index (κ2) is 6.98. The lowest BCUT2D eigenvalue weighted by Crippen LogP contribution is -2.39. The van der Waals surface area contributed by atoms with Crippen molar-refractivity contribution in [1.82, 2.24) is 24.8 Å². The highest BCUT2D eigenvalue weighted by Gasteiger charge is 2.33. The van der Waals surface area contributed by atoms with Crippen LogP contribution in [-0.4, -0.2) is 37.3 Å². The van der Waals surface area contributed by atoms with Gasteiger partial charge in [0.2, 0.25) is 5.89 Å². The molecule has 1 saturated heterocycles. The van der Waals surface area contributed by atoms with Gasteiger partial charge in [-0.3, -0.25) is 9.48 Å². The zero-order chi connectivity index (χ0) is 17.2. The van der Waals surface area contributed by atoms with Crippen molar-refractivity contribution in [3.8, 4) is 0 Å². The summed E-state index contributed by atoms with van der Waals surface area (Å²) >= 11 is 0. The van der Waals surface area contributed by atoms with Crippen molar-refractivity contribution in [2.75, 3.05) is 6.54 Å². The fourth-order valence-electron chi connectivity index (χ4n) is 3.95. The number of rotatable bonds is 4. The van der Waals surface area contributed by atoms with Gasteiger partial charge in [0.15, 0.2) is 5.82 Å². The Bertz CT molecular complexity index is 731. The van der Waals surface area contributed by atoms with Crippen LogP contribution in [0.25, 0.3) is 0 Å². The summed E-state index contributed by atoms with van der Waals surface area (Å²) in [6, 6.07) is 2.16. The molecule has 7 nitrogen and oxygen atoms in total. The second-order valence-electron chi connectivity index (χ2n) is 7.03. The van der Waals surface area contributed by atoms with Crippen LogP contribution in [0.15, 0.2) is 16.8 Å². The summed E-state index contributed by atoms with van der Waals surface area (Å²) in [6.07, 6.45) is 10.4. The molecule has 1 aliphatic carbocycles. The molecule has 0 unspecified atom stereocenters. The van der Waals surface area contributed by atoms with E-state index in [4.69, 9.17) is 4.52 Å². The summed E-state index contributed by atoms with van der Waals surface area (Å²) in [5.41, 5.74) is 0.522. The Balaban J connectivity index is 1.54. The Morgan fingerprint density at radius 2 is 2.04 bits per heavy atom. The van der Waals surface area contributed by atoms with E-state index in [-0.39, 0.29) is 11.9 Å². The zero-order valence-electron chi connectivity index (χ0n) is 14.7. The number of aryl methyl sites for hydroxylation is 1. The average Bonchev–Trinajstić information content (AvgIpc) is 3.41. The molecule has 0 aromatic carbocycles. The summed E-state index contributed by atoms with van der Waals surface area (Å²) in [5.74, 6) is 1.22. The normalized spacial score (nSPS) is 21.8. The van der Waals surface area contributed by atoms with Crippen molar-refractivity contribution >= 4 is 5.91 Å². The zero-order valence-corrected chi connectivity index (χ0v) is 14.7. The molecule has 2 aliphatic rings. The molecular weight excluding hydrogens is 318 g/mol. The summed E-state index contributed by atoms with van der Waals surface area (Å²) in [5, 5.41) is 8.56. The lowest BCUT2D eigenvalue weighted by molar-refractivity contribution is 0.0554. The highest BCUT2D eigenvalue weighted by molar-refractivity contribution is 5.92. The maximum absolute atomic E-state index is 13.0. The minimum Gasteiger partial charge on any atom is -0.337 e. The van der Waals surface area contributed by atoms with Gasteiger partial charge in [-0.15, -0.1) is 0 Å². The molecule has 134 valence electrons. The number of aromatic nitrogens is 4. The highest BCUT2D eigenvalue weighted by Crippen LogP contribution is 2.32. The van der Waals surface area contributed by atoms with Gasteiger partial charge < -0.3 is 9.42 Å². The molecule has 0 spiro atoms. The molecule has 1 amide bonds. The van der Waals surface area contributed by atoms with E-state index in [2.05, 4.69) is 15.2 Å². The third kappa shape index (κ3) is 3.19. The molecule has 1 atom stereocenters. The minimum atomic E-state index is -0.134. The first-order valence-electron chi connectivity index (χ1n) is 9.45. The molecule has 7 heteroatoms. The van der Waals surface area contributed by atoms with Crippen LogP contribution in [-0.2, 0) is 6.42 Å². The van der Waals surface area contributed by atoms with Crippen molar-refractivity contribution in [3.63, 3.8) is 0 Å². The molecule has 3 heterocycles. The van der Waals surface area contributed by atoms with Crippen molar-refractivity contribution < 1.29 is 9.32 Å². The first kappa shape index (κ1) is 16.3. The van der Waals surface area contributed by atoms with Crippen LogP contribution in [0.1, 0.15) is 86.2 Å². The quantitative estimate of drug-likeness (QED) is 0.851. The second-order valence-corrected chi connectivity index (χ2v) is 7.03. The SMILES string of the molecule is CCc1noc([C@H]2CCCCN2C(=O)c2ccn(C3CCCC3)n2)n1.